The topological polar surface area (TPSA) is 24.7 Å². The van der Waals surface area contributed by atoms with Crippen molar-refractivity contribution in [1.29, 1.82) is 0 Å². The Morgan fingerprint density at radius 3 is 2.00 bits per heavy atom. The molecule has 0 rings (SSSR count). The van der Waals surface area contributed by atoms with Crippen LogP contribution in [-0.2, 0) is 0 Å². The second-order valence-corrected chi connectivity index (χ2v) is 1.46. The average Bonchev–Trinajstić information content (AvgIpc) is 1.88. The van der Waals surface area contributed by atoms with Crippen LogP contribution in [0.25, 0.3) is 0 Å². The largest absolute Gasteiger partial charge is 0.197 e. The van der Waals surface area contributed by atoms with Gasteiger partial charge in [-0.05, 0) is 6.92 Å². The van der Waals surface area contributed by atoms with Crippen molar-refractivity contribution in [3.05, 3.63) is 12.2 Å². The summed E-state index contributed by atoms with van der Waals surface area (Å²) in [6, 6.07) is 0. The van der Waals surface area contributed by atoms with Crippen LogP contribution >= 0.6 is 0 Å². The third kappa shape index (κ3) is 18.8. The molecule has 0 aliphatic heterocycles. The zero-order chi connectivity index (χ0) is 7.70. The van der Waals surface area contributed by atoms with Gasteiger partial charge in [-0.25, -0.2) is 0 Å². The Kier molecular flexibility index (Phi) is 12.9. The molecule has 54 valence electrons. The van der Waals surface area contributed by atoms with Crippen molar-refractivity contribution in [2.24, 2.45) is 10.2 Å². The highest BCUT2D eigenvalue weighted by Gasteiger charge is 1.75. The number of hydrogen-bond acceptors (Lipinski definition) is 2. The molecule has 0 aromatic carbocycles. The first-order valence-corrected chi connectivity index (χ1v) is 3.17. The standard InChI is InChI=1S/C5H10N2.C2H6/c1-5(2)4-7-6-3;1-2/h1,4H2,2-3H3;1-2H3. The zero-order valence-electron chi connectivity index (χ0n) is 6.81. The van der Waals surface area contributed by atoms with Gasteiger partial charge in [0, 0.05) is 7.05 Å². The predicted molar refractivity (Wildman–Crippen MR) is 41.8 cm³/mol. The molecule has 0 saturated carbocycles. The molecule has 0 radical (unpaired) electrons. The second kappa shape index (κ2) is 10.3. The minimum atomic E-state index is 0.663. The lowest BCUT2D eigenvalue weighted by Crippen LogP contribution is -1.75. The fourth-order valence-electron chi connectivity index (χ4n) is 0.191. The van der Waals surface area contributed by atoms with Crippen molar-refractivity contribution in [2.45, 2.75) is 20.8 Å². The van der Waals surface area contributed by atoms with E-state index in [9.17, 15) is 0 Å². The molecule has 0 fully saturated rings. The lowest BCUT2D eigenvalue weighted by molar-refractivity contribution is 0.992. The Morgan fingerprint density at radius 1 is 1.44 bits per heavy atom. The van der Waals surface area contributed by atoms with E-state index in [2.05, 4.69) is 16.8 Å². The van der Waals surface area contributed by atoms with E-state index in [1.54, 1.807) is 7.05 Å². The third-order valence-electron chi connectivity index (χ3n) is 0.482. The van der Waals surface area contributed by atoms with E-state index in [1.807, 2.05) is 20.8 Å². The van der Waals surface area contributed by atoms with E-state index < -0.39 is 0 Å². The van der Waals surface area contributed by atoms with E-state index in [0.717, 1.165) is 5.57 Å². The van der Waals surface area contributed by atoms with Gasteiger partial charge >= 0.3 is 0 Å². The Bertz CT molecular complexity index is 84.9. The van der Waals surface area contributed by atoms with Gasteiger partial charge in [-0.2, -0.15) is 10.2 Å². The summed E-state index contributed by atoms with van der Waals surface area (Å²) in [5, 5.41) is 7.24. The molecule has 0 aromatic rings. The predicted octanol–water partition coefficient (Wildman–Crippen LogP) is 2.67. The summed E-state index contributed by atoms with van der Waals surface area (Å²) in [6.07, 6.45) is 0. The van der Waals surface area contributed by atoms with Gasteiger partial charge in [0.15, 0.2) is 0 Å². The summed E-state index contributed by atoms with van der Waals surface area (Å²) in [6.45, 7) is 10.2. The molecule has 0 aliphatic carbocycles. The molecule has 0 aliphatic rings. The summed E-state index contributed by atoms with van der Waals surface area (Å²) in [7, 11) is 1.66. The molecule has 0 heterocycles. The molecule has 0 amide bonds. The van der Waals surface area contributed by atoms with Crippen molar-refractivity contribution < 1.29 is 0 Å². The molecule has 0 saturated heterocycles. The first-order valence-electron chi connectivity index (χ1n) is 3.17. The molecule has 0 spiro atoms. The zero-order valence-corrected chi connectivity index (χ0v) is 6.81. The van der Waals surface area contributed by atoms with Crippen molar-refractivity contribution in [3.63, 3.8) is 0 Å². The minimum absolute atomic E-state index is 0.663. The van der Waals surface area contributed by atoms with Crippen molar-refractivity contribution >= 4 is 0 Å². The second-order valence-electron chi connectivity index (χ2n) is 1.46. The quantitative estimate of drug-likeness (QED) is 0.403. The molecule has 0 atom stereocenters. The smallest absolute Gasteiger partial charge is 0.0803 e. The molecule has 0 N–H and O–H groups in total. The number of azo groups is 1. The summed E-state index contributed by atoms with van der Waals surface area (Å²) in [5.74, 6) is 0. The average molecular weight is 128 g/mol. The highest BCUT2D eigenvalue weighted by molar-refractivity contribution is 4.89. The van der Waals surface area contributed by atoms with E-state index in [0.29, 0.717) is 6.54 Å². The fraction of sp³-hybridized carbons (Fsp3) is 0.714. The lowest BCUT2D eigenvalue weighted by Gasteiger charge is -1.83. The van der Waals surface area contributed by atoms with Crippen LogP contribution in [0.2, 0.25) is 0 Å². The Hall–Kier alpha value is -0.660. The molecular formula is C7H16N2. The van der Waals surface area contributed by atoms with E-state index >= 15 is 0 Å². The first-order chi connectivity index (χ1) is 4.27. The van der Waals surface area contributed by atoms with Gasteiger partial charge in [-0.1, -0.05) is 26.0 Å². The normalized spacial score (nSPS) is 8.44. The van der Waals surface area contributed by atoms with Crippen LogP contribution in [0, 0.1) is 0 Å². The van der Waals surface area contributed by atoms with Gasteiger partial charge in [0.2, 0.25) is 0 Å². The van der Waals surface area contributed by atoms with Gasteiger partial charge in [0.1, 0.15) is 0 Å². The molecule has 9 heavy (non-hydrogen) atoms. The van der Waals surface area contributed by atoms with Crippen molar-refractivity contribution in [2.75, 3.05) is 13.6 Å². The highest BCUT2D eigenvalue weighted by Crippen LogP contribution is 1.85. The van der Waals surface area contributed by atoms with Gasteiger partial charge in [-0.15, -0.1) is 0 Å². The summed E-state index contributed by atoms with van der Waals surface area (Å²) in [4.78, 5) is 0. The van der Waals surface area contributed by atoms with Gasteiger partial charge in [0.05, 0.1) is 6.54 Å². The maximum Gasteiger partial charge on any atom is 0.0803 e. The minimum Gasteiger partial charge on any atom is -0.197 e. The van der Waals surface area contributed by atoms with Crippen molar-refractivity contribution in [3.8, 4) is 0 Å². The molecule has 2 heteroatoms. The molecule has 0 bridgehead atoms. The van der Waals surface area contributed by atoms with Crippen LogP contribution in [0.5, 0.6) is 0 Å². The van der Waals surface area contributed by atoms with Gasteiger partial charge in [0.25, 0.3) is 0 Å². The van der Waals surface area contributed by atoms with E-state index in [4.69, 9.17) is 0 Å². The van der Waals surface area contributed by atoms with Crippen LogP contribution in [0.15, 0.2) is 22.4 Å². The van der Waals surface area contributed by atoms with Crippen LogP contribution in [-0.4, -0.2) is 13.6 Å². The van der Waals surface area contributed by atoms with Gasteiger partial charge < -0.3 is 0 Å². The summed E-state index contributed by atoms with van der Waals surface area (Å²) in [5.41, 5.74) is 1.05. The van der Waals surface area contributed by atoms with Crippen LogP contribution < -0.4 is 0 Å². The Morgan fingerprint density at radius 2 is 1.89 bits per heavy atom. The number of nitrogens with zero attached hydrogens (tertiary/aromatic N) is 2. The summed E-state index contributed by atoms with van der Waals surface area (Å²) < 4.78 is 0. The third-order valence-corrected chi connectivity index (χ3v) is 0.482. The van der Waals surface area contributed by atoms with Crippen LogP contribution in [0.3, 0.4) is 0 Å². The van der Waals surface area contributed by atoms with Crippen LogP contribution in [0.4, 0.5) is 0 Å². The Labute approximate surface area is 57.7 Å². The van der Waals surface area contributed by atoms with E-state index in [-0.39, 0.29) is 0 Å². The van der Waals surface area contributed by atoms with Gasteiger partial charge in [-0.3, -0.25) is 0 Å². The first kappa shape index (κ1) is 11.2. The van der Waals surface area contributed by atoms with Crippen LogP contribution in [0.1, 0.15) is 20.8 Å². The molecule has 0 aromatic heterocycles. The molecular weight excluding hydrogens is 112 g/mol. The summed E-state index contributed by atoms with van der Waals surface area (Å²) >= 11 is 0. The Balaban J connectivity index is 0. The van der Waals surface area contributed by atoms with Crippen molar-refractivity contribution in [1.82, 2.24) is 0 Å². The maximum absolute atomic E-state index is 3.70. The number of hydrogen-bond donors (Lipinski definition) is 0. The number of rotatable bonds is 2. The van der Waals surface area contributed by atoms with E-state index in [1.165, 1.54) is 0 Å². The molecule has 0 unspecified atom stereocenters. The fourth-order valence-corrected chi connectivity index (χ4v) is 0.191. The monoisotopic (exact) mass is 128 g/mol. The SMILES string of the molecule is C=C(C)CN=NC.CC. The lowest BCUT2D eigenvalue weighted by atomic mass is 10.4. The highest BCUT2D eigenvalue weighted by atomic mass is 15.1. The maximum atomic E-state index is 3.70. The molecule has 2 nitrogen and oxygen atoms in total.